The summed E-state index contributed by atoms with van der Waals surface area (Å²) in [6, 6.07) is 11.1. The Morgan fingerprint density at radius 1 is 1.12 bits per heavy atom. The highest BCUT2D eigenvalue weighted by Gasteiger charge is 2.30. The first kappa shape index (κ1) is 16.0. The van der Waals surface area contributed by atoms with Crippen LogP contribution in [0.2, 0.25) is 0 Å². The summed E-state index contributed by atoms with van der Waals surface area (Å²) in [6.07, 6.45) is -4.42. The minimum absolute atomic E-state index is 0.158. The molecule has 3 aromatic rings. The van der Waals surface area contributed by atoms with Crippen molar-refractivity contribution in [2.75, 3.05) is 0 Å². The predicted octanol–water partition coefficient (Wildman–Crippen LogP) is 4.07. The van der Waals surface area contributed by atoms with Crippen LogP contribution < -0.4 is 5.32 Å². The highest BCUT2D eigenvalue weighted by Crippen LogP contribution is 2.29. The van der Waals surface area contributed by atoms with Crippen LogP contribution in [0.1, 0.15) is 34.7 Å². The van der Waals surface area contributed by atoms with Crippen LogP contribution in [0.15, 0.2) is 48.5 Å². The molecule has 2 aromatic carbocycles. The zero-order valence-corrected chi connectivity index (χ0v) is 12.7. The molecule has 2 N–H and O–H groups in total. The Morgan fingerprint density at radius 3 is 2.42 bits per heavy atom. The first-order valence-corrected chi connectivity index (χ1v) is 7.27. The molecule has 24 heavy (non-hydrogen) atoms. The molecule has 0 saturated heterocycles. The molecular weight excluding hydrogens is 319 g/mol. The van der Waals surface area contributed by atoms with Crippen molar-refractivity contribution in [3.8, 4) is 0 Å². The average Bonchev–Trinajstić information content (AvgIpc) is 2.98. The molecule has 1 heterocycles. The van der Waals surface area contributed by atoms with Crippen LogP contribution in [0.25, 0.3) is 11.0 Å². The van der Waals surface area contributed by atoms with E-state index in [9.17, 15) is 18.0 Å². The number of rotatable bonds is 3. The molecule has 1 aromatic heterocycles. The maximum atomic E-state index is 12.5. The number of amides is 1. The van der Waals surface area contributed by atoms with Gasteiger partial charge < -0.3 is 10.3 Å². The molecule has 1 atom stereocenters. The van der Waals surface area contributed by atoms with Crippen LogP contribution in [0.4, 0.5) is 13.2 Å². The highest BCUT2D eigenvalue weighted by molar-refractivity contribution is 5.94. The van der Waals surface area contributed by atoms with Gasteiger partial charge in [-0.15, -0.1) is 0 Å². The SMILES string of the molecule is C[C@@H](NC(=O)c1ccc(C(F)(F)F)cc1)c1nc2ccccc2[nH]1. The Balaban J connectivity index is 1.74. The lowest BCUT2D eigenvalue weighted by atomic mass is 10.1. The van der Waals surface area contributed by atoms with Crippen molar-refractivity contribution in [1.29, 1.82) is 0 Å². The van der Waals surface area contributed by atoms with Crippen molar-refractivity contribution < 1.29 is 18.0 Å². The third kappa shape index (κ3) is 3.24. The fraction of sp³-hybridized carbons (Fsp3) is 0.176. The summed E-state index contributed by atoms with van der Waals surface area (Å²) in [6.45, 7) is 1.75. The topological polar surface area (TPSA) is 57.8 Å². The van der Waals surface area contributed by atoms with Gasteiger partial charge in [-0.1, -0.05) is 12.1 Å². The number of alkyl halides is 3. The number of carbonyl (C=O) groups excluding carboxylic acids is 1. The second-order valence-corrected chi connectivity index (χ2v) is 5.41. The Hall–Kier alpha value is -2.83. The largest absolute Gasteiger partial charge is 0.416 e. The van der Waals surface area contributed by atoms with Gasteiger partial charge in [-0.2, -0.15) is 13.2 Å². The van der Waals surface area contributed by atoms with E-state index in [0.29, 0.717) is 5.82 Å². The minimum Gasteiger partial charge on any atom is -0.342 e. The molecular formula is C17H14F3N3O. The van der Waals surface area contributed by atoms with Gasteiger partial charge >= 0.3 is 6.18 Å². The molecule has 0 aliphatic carbocycles. The number of hydrogen-bond donors (Lipinski definition) is 2. The number of benzene rings is 2. The van der Waals surface area contributed by atoms with E-state index >= 15 is 0 Å². The lowest BCUT2D eigenvalue weighted by Crippen LogP contribution is -2.27. The zero-order chi connectivity index (χ0) is 17.3. The van der Waals surface area contributed by atoms with E-state index < -0.39 is 23.7 Å². The molecule has 7 heteroatoms. The highest BCUT2D eigenvalue weighted by atomic mass is 19.4. The van der Waals surface area contributed by atoms with Gasteiger partial charge in [0.15, 0.2) is 0 Å². The Labute approximate surface area is 135 Å². The third-order valence-corrected chi connectivity index (χ3v) is 3.64. The van der Waals surface area contributed by atoms with E-state index in [4.69, 9.17) is 0 Å². The number of hydrogen-bond acceptors (Lipinski definition) is 2. The fourth-order valence-electron chi connectivity index (χ4n) is 2.34. The maximum Gasteiger partial charge on any atom is 0.416 e. The Bertz CT molecular complexity index is 836. The summed E-state index contributed by atoms with van der Waals surface area (Å²) in [5.74, 6) is 0.119. The molecule has 0 aliphatic rings. The molecule has 0 saturated carbocycles. The van der Waals surface area contributed by atoms with Gasteiger partial charge in [0.2, 0.25) is 0 Å². The molecule has 0 radical (unpaired) electrons. The Morgan fingerprint density at radius 2 is 1.79 bits per heavy atom. The fourth-order valence-corrected chi connectivity index (χ4v) is 2.34. The van der Waals surface area contributed by atoms with Crippen LogP contribution in [0, 0.1) is 0 Å². The van der Waals surface area contributed by atoms with Gasteiger partial charge in [0.25, 0.3) is 5.91 Å². The normalized spacial score (nSPS) is 13.0. The van der Waals surface area contributed by atoms with E-state index in [-0.39, 0.29) is 5.56 Å². The van der Waals surface area contributed by atoms with Crippen molar-refractivity contribution in [2.24, 2.45) is 0 Å². The van der Waals surface area contributed by atoms with Crippen molar-refractivity contribution >= 4 is 16.9 Å². The smallest absolute Gasteiger partial charge is 0.342 e. The molecule has 3 rings (SSSR count). The number of nitrogens with one attached hydrogen (secondary N) is 2. The van der Waals surface area contributed by atoms with E-state index in [1.165, 1.54) is 0 Å². The molecule has 0 aliphatic heterocycles. The molecule has 0 fully saturated rings. The summed E-state index contributed by atoms with van der Waals surface area (Å²) < 4.78 is 37.6. The van der Waals surface area contributed by atoms with Gasteiger partial charge in [-0.25, -0.2) is 4.98 Å². The number of carbonyl (C=O) groups is 1. The lowest BCUT2D eigenvalue weighted by Gasteiger charge is -2.12. The molecule has 4 nitrogen and oxygen atoms in total. The summed E-state index contributed by atoms with van der Waals surface area (Å²) in [5, 5.41) is 2.72. The molecule has 124 valence electrons. The summed E-state index contributed by atoms with van der Waals surface area (Å²) >= 11 is 0. The van der Waals surface area contributed by atoms with Crippen LogP contribution in [0.5, 0.6) is 0 Å². The number of aromatic amines is 1. The van der Waals surface area contributed by atoms with Gasteiger partial charge in [0, 0.05) is 5.56 Å². The predicted molar refractivity (Wildman–Crippen MR) is 83.4 cm³/mol. The number of aromatic nitrogens is 2. The molecule has 0 bridgehead atoms. The van der Waals surface area contributed by atoms with Crippen LogP contribution in [-0.4, -0.2) is 15.9 Å². The standard InChI is InChI=1S/C17H14F3N3O/c1-10(15-22-13-4-2-3-5-14(13)23-15)21-16(24)11-6-8-12(9-7-11)17(18,19)20/h2-10H,1H3,(H,21,24)(H,22,23)/t10-/m1/s1. The number of fused-ring (bicyclic) bond motifs is 1. The quantitative estimate of drug-likeness (QED) is 0.759. The van der Waals surface area contributed by atoms with Crippen molar-refractivity contribution in [2.45, 2.75) is 19.1 Å². The van der Waals surface area contributed by atoms with Gasteiger partial charge in [0.1, 0.15) is 5.82 Å². The second kappa shape index (κ2) is 5.99. The van der Waals surface area contributed by atoms with Gasteiger partial charge in [-0.05, 0) is 43.3 Å². The zero-order valence-electron chi connectivity index (χ0n) is 12.7. The summed E-state index contributed by atoms with van der Waals surface area (Å²) in [4.78, 5) is 19.7. The van der Waals surface area contributed by atoms with E-state index in [1.54, 1.807) is 6.92 Å². The van der Waals surface area contributed by atoms with Crippen LogP contribution in [0.3, 0.4) is 0 Å². The molecule has 0 spiro atoms. The Kier molecular flexibility index (Phi) is 4.01. The lowest BCUT2D eigenvalue weighted by molar-refractivity contribution is -0.137. The van der Waals surface area contributed by atoms with E-state index in [1.807, 2.05) is 24.3 Å². The molecule has 1 amide bonds. The number of nitrogens with zero attached hydrogens (tertiary/aromatic N) is 1. The second-order valence-electron chi connectivity index (χ2n) is 5.41. The van der Waals surface area contributed by atoms with Crippen LogP contribution >= 0.6 is 0 Å². The number of imidazole rings is 1. The number of H-pyrrole nitrogens is 1. The molecule has 0 unspecified atom stereocenters. The van der Waals surface area contributed by atoms with Crippen molar-refractivity contribution in [3.63, 3.8) is 0 Å². The maximum absolute atomic E-state index is 12.5. The third-order valence-electron chi connectivity index (χ3n) is 3.64. The van der Waals surface area contributed by atoms with Gasteiger partial charge in [-0.3, -0.25) is 4.79 Å². The number of halogens is 3. The first-order chi connectivity index (χ1) is 11.3. The average molecular weight is 333 g/mol. The minimum atomic E-state index is -4.42. The van der Waals surface area contributed by atoms with Crippen molar-refractivity contribution in [3.05, 3.63) is 65.5 Å². The first-order valence-electron chi connectivity index (χ1n) is 7.27. The van der Waals surface area contributed by atoms with E-state index in [2.05, 4.69) is 15.3 Å². The monoisotopic (exact) mass is 333 g/mol. The van der Waals surface area contributed by atoms with Crippen LogP contribution in [-0.2, 0) is 6.18 Å². The summed E-state index contributed by atoms with van der Waals surface area (Å²) in [7, 11) is 0. The number of para-hydroxylation sites is 2. The van der Waals surface area contributed by atoms with E-state index in [0.717, 1.165) is 35.3 Å². The summed E-state index contributed by atoms with van der Waals surface area (Å²) in [5.41, 5.74) is 1.00. The van der Waals surface area contributed by atoms with Gasteiger partial charge in [0.05, 0.1) is 22.6 Å². The van der Waals surface area contributed by atoms with Crippen molar-refractivity contribution in [1.82, 2.24) is 15.3 Å².